The quantitative estimate of drug-likeness (QED) is 0.448. The number of carbonyl (C=O) groups is 1. The van der Waals surface area contributed by atoms with Crippen LogP contribution in [0.5, 0.6) is 0 Å². The molecule has 2 aromatic carbocycles. The number of pyridine rings is 1. The van der Waals surface area contributed by atoms with Crippen LogP contribution in [0.1, 0.15) is 11.5 Å². The SMILES string of the molecule is O=C(Cc1cccc2ccccc12)N1CCN(c2ccc(-c3noc(C(F)(F)F)n3)cn2)CC1. The summed E-state index contributed by atoms with van der Waals surface area (Å²) in [6.07, 6.45) is -2.93. The molecular formula is C24H20F3N5O2. The van der Waals surface area contributed by atoms with Gasteiger partial charge in [0.15, 0.2) is 0 Å². The third kappa shape index (κ3) is 4.43. The molecule has 0 spiro atoms. The first kappa shape index (κ1) is 21.9. The average molecular weight is 467 g/mol. The first-order valence-electron chi connectivity index (χ1n) is 10.8. The average Bonchev–Trinajstić information content (AvgIpc) is 3.36. The third-order valence-electron chi connectivity index (χ3n) is 5.85. The zero-order valence-electron chi connectivity index (χ0n) is 18.0. The highest BCUT2D eigenvalue weighted by Gasteiger charge is 2.38. The van der Waals surface area contributed by atoms with Gasteiger partial charge in [-0.15, -0.1) is 0 Å². The standard InChI is InChI=1S/C24H20F3N5O2/c25-24(26,27)23-29-22(30-34-23)18-8-9-20(28-15-18)31-10-12-32(13-11-31)21(33)14-17-6-3-5-16-4-1-2-7-19(16)17/h1-9,15H,10-14H2. The second-order valence-electron chi connectivity index (χ2n) is 8.01. The molecule has 4 aromatic rings. The van der Waals surface area contributed by atoms with Crippen molar-refractivity contribution in [2.75, 3.05) is 31.1 Å². The molecule has 10 heteroatoms. The minimum absolute atomic E-state index is 0.0804. The summed E-state index contributed by atoms with van der Waals surface area (Å²) in [6.45, 7) is 2.34. The Hall–Kier alpha value is -3.95. The molecule has 1 saturated heterocycles. The van der Waals surface area contributed by atoms with E-state index in [0.717, 1.165) is 16.3 Å². The number of anilines is 1. The first-order chi connectivity index (χ1) is 16.4. The molecular weight excluding hydrogens is 447 g/mol. The van der Waals surface area contributed by atoms with Crippen molar-refractivity contribution in [2.45, 2.75) is 12.6 Å². The molecule has 1 amide bonds. The fourth-order valence-corrected chi connectivity index (χ4v) is 4.07. The van der Waals surface area contributed by atoms with Gasteiger partial charge in [-0.2, -0.15) is 18.2 Å². The molecule has 5 rings (SSSR count). The normalized spacial score (nSPS) is 14.6. The van der Waals surface area contributed by atoms with E-state index in [9.17, 15) is 18.0 Å². The van der Waals surface area contributed by atoms with E-state index in [4.69, 9.17) is 0 Å². The van der Waals surface area contributed by atoms with Gasteiger partial charge in [0.05, 0.1) is 6.42 Å². The molecule has 2 aromatic heterocycles. The number of hydrogen-bond acceptors (Lipinski definition) is 6. The number of piperazine rings is 1. The molecule has 0 atom stereocenters. The Kier molecular flexibility index (Phi) is 5.64. The van der Waals surface area contributed by atoms with Gasteiger partial charge in [0.1, 0.15) is 5.82 Å². The van der Waals surface area contributed by atoms with Crippen LogP contribution in [0.15, 0.2) is 65.3 Å². The predicted octanol–water partition coefficient (Wildman–Crippen LogP) is 4.19. The maximum absolute atomic E-state index is 12.9. The van der Waals surface area contributed by atoms with Crippen LogP contribution in [0, 0.1) is 0 Å². The largest absolute Gasteiger partial charge is 0.471 e. The Morgan fingerprint density at radius 2 is 1.74 bits per heavy atom. The van der Waals surface area contributed by atoms with Crippen LogP contribution in [0.25, 0.3) is 22.2 Å². The lowest BCUT2D eigenvalue weighted by Gasteiger charge is -2.35. The van der Waals surface area contributed by atoms with Crippen molar-refractivity contribution < 1.29 is 22.5 Å². The number of alkyl halides is 3. The van der Waals surface area contributed by atoms with E-state index in [1.807, 2.05) is 52.3 Å². The van der Waals surface area contributed by atoms with Gasteiger partial charge in [0.2, 0.25) is 11.7 Å². The van der Waals surface area contributed by atoms with E-state index < -0.39 is 12.1 Å². The third-order valence-corrected chi connectivity index (χ3v) is 5.85. The molecule has 34 heavy (non-hydrogen) atoms. The molecule has 3 heterocycles. The second-order valence-corrected chi connectivity index (χ2v) is 8.01. The van der Waals surface area contributed by atoms with E-state index in [2.05, 4.69) is 19.6 Å². The van der Waals surface area contributed by atoms with Gasteiger partial charge in [-0.3, -0.25) is 4.79 Å². The van der Waals surface area contributed by atoms with Gasteiger partial charge in [-0.1, -0.05) is 47.6 Å². The lowest BCUT2D eigenvalue weighted by atomic mass is 10.0. The van der Waals surface area contributed by atoms with Gasteiger partial charge in [-0.25, -0.2) is 4.98 Å². The fourth-order valence-electron chi connectivity index (χ4n) is 4.07. The zero-order chi connectivity index (χ0) is 23.7. The number of hydrogen-bond donors (Lipinski definition) is 0. The Morgan fingerprint density at radius 1 is 0.971 bits per heavy atom. The van der Waals surface area contributed by atoms with Crippen LogP contribution < -0.4 is 4.90 Å². The fraction of sp³-hybridized carbons (Fsp3) is 0.250. The summed E-state index contributed by atoms with van der Waals surface area (Å²) in [4.78, 5) is 24.5. The number of rotatable bonds is 4. The summed E-state index contributed by atoms with van der Waals surface area (Å²) in [6, 6.07) is 17.3. The van der Waals surface area contributed by atoms with Crippen molar-refractivity contribution >= 4 is 22.5 Å². The lowest BCUT2D eigenvalue weighted by molar-refractivity contribution is -0.159. The number of halogens is 3. The Balaban J connectivity index is 1.20. The Labute approximate surface area is 192 Å². The van der Waals surface area contributed by atoms with Gasteiger partial charge >= 0.3 is 12.1 Å². The highest BCUT2D eigenvalue weighted by atomic mass is 19.4. The van der Waals surface area contributed by atoms with Crippen molar-refractivity contribution in [1.82, 2.24) is 20.0 Å². The van der Waals surface area contributed by atoms with Crippen LogP contribution in [-0.4, -0.2) is 52.1 Å². The van der Waals surface area contributed by atoms with Crippen LogP contribution in [0.3, 0.4) is 0 Å². The summed E-state index contributed by atoms with van der Waals surface area (Å²) < 4.78 is 42.2. The van der Waals surface area contributed by atoms with E-state index in [0.29, 0.717) is 44.0 Å². The Morgan fingerprint density at radius 3 is 2.44 bits per heavy atom. The molecule has 0 bridgehead atoms. The van der Waals surface area contributed by atoms with Crippen molar-refractivity contribution in [3.8, 4) is 11.4 Å². The Bertz CT molecular complexity index is 1310. The molecule has 1 aliphatic rings. The maximum atomic E-state index is 12.9. The van der Waals surface area contributed by atoms with Crippen molar-refractivity contribution in [1.29, 1.82) is 0 Å². The molecule has 174 valence electrons. The second kappa shape index (κ2) is 8.77. The zero-order valence-corrected chi connectivity index (χ0v) is 18.0. The highest BCUT2D eigenvalue weighted by Crippen LogP contribution is 2.29. The summed E-state index contributed by atoms with van der Waals surface area (Å²) in [5.74, 6) is -0.813. The van der Waals surface area contributed by atoms with Gasteiger partial charge in [0, 0.05) is 37.9 Å². The maximum Gasteiger partial charge on any atom is 0.471 e. The summed E-state index contributed by atoms with van der Waals surface area (Å²) in [5, 5.41) is 5.58. The molecule has 0 aliphatic carbocycles. The van der Waals surface area contributed by atoms with Crippen LogP contribution in [0.4, 0.5) is 19.0 Å². The molecule has 0 radical (unpaired) electrons. The molecule has 1 fully saturated rings. The number of fused-ring (bicyclic) bond motifs is 1. The lowest BCUT2D eigenvalue weighted by Crippen LogP contribution is -2.49. The van der Waals surface area contributed by atoms with E-state index in [-0.39, 0.29) is 11.7 Å². The molecule has 7 nitrogen and oxygen atoms in total. The van der Waals surface area contributed by atoms with Gasteiger partial charge in [0.25, 0.3) is 0 Å². The number of benzene rings is 2. The summed E-state index contributed by atoms with van der Waals surface area (Å²) in [5.41, 5.74) is 1.34. The van der Waals surface area contributed by atoms with Crippen molar-refractivity contribution in [3.63, 3.8) is 0 Å². The van der Waals surface area contributed by atoms with E-state index in [1.165, 1.54) is 6.20 Å². The van der Waals surface area contributed by atoms with E-state index in [1.54, 1.807) is 12.1 Å². The molecule has 0 unspecified atom stereocenters. The van der Waals surface area contributed by atoms with E-state index >= 15 is 0 Å². The van der Waals surface area contributed by atoms with Crippen LogP contribution in [0.2, 0.25) is 0 Å². The number of amides is 1. The molecule has 1 aliphatic heterocycles. The van der Waals surface area contributed by atoms with Crippen LogP contribution in [-0.2, 0) is 17.4 Å². The number of aromatic nitrogens is 3. The highest BCUT2D eigenvalue weighted by molar-refractivity contribution is 5.90. The minimum atomic E-state index is -4.69. The monoisotopic (exact) mass is 467 g/mol. The number of nitrogens with zero attached hydrogens (tertiary/aromatic N) is 5. The smallest absolute Gasteiger partial charge is 0.353 e. The van der Waals surface area contributed by atoms with Gasteiger partial charge < -0.3 is 14.3 Å². The minimum Gasteiger partial charge on any atom is -0.353 e. The number of carbonyl (C=O) groups excluding carboxylic acids is 1. The van der Waals surface area contributed by atoms with Crippen LogP contribution >= 0.6 is 0 Å². The van der Waals surface area contributed by atoms with Crippen molar-refractivity contribution in [3.05, 3.63) is 72.2 Å². The molecule has 0 N–H and O–H groups in total. The molecule has 0 saturated carbocycles. The van der Waals surface area contributed by atoms with Crippen molar-refractivity contribution in [2.24, 2.45) is 0 Å². The topological polar surface area (TPSA) is 75.4 Å². The first-order valence-corrected chi connectivity index (χ1v) is 10.8. The predicted molar refractivity (Wildman–Crippen MR) is 119 cm³/mol. The summed E-state index contributed by atoms with van der Waals surface area (Å²) in [7, 11) is 0. The van der Waals surface area contributed by atoms with Gasteiger partial charge in [-0.05, 0) is 28.5 Å². The summed E-state index contributed by atoms with van der Waals surface area (Å²) >= 11 is 0.